The normalized spacial score (nSPS) is 54.3. The van der Waals surface area contributed by atoms with E-state index in [9.17, 15) is 15.0 Å². The van der Waals surface area contributed by atoms with Crippen LogP contribution in [0.2, 0.25) is 0 Å². The Bertz CT molecular complexity index is 539. The van der Waals surface area contributed by atoms with Crippen molar-refractivity contribution in [3.8, 4) is 0 Å². The third kappa shape index (κ3) is 1.78. The molecule has 3 fully saturated rings. The molecule has 0 aliphatic heterocycles. The zero-order valence-corrected chi connectivity index (χ0v) is 13.7. The first-order valence-electron chi connectivity index (χ1n) is 8.97. The average Bonchev–Trinajstić information content (AvgIpc) is 2.77. The van der Waals surface area contributed by atoms with Crippen LogP contribution in [0.4, 0.5) is 0 Å². The second-order valence-corrected chi connectivity index (χ2v) is 8.70. The van der Waals surface area contributed by atoms with Gasteiger partial charge in [0.25, 0.3) is 0 Å². The lowest BCUT2D eigenvalue weighted by molar-refractivity contribution is -0.139. The molecule has 0 heterocycles. The van der Waals surface area contributed by atoms with Crippen LogP contribution in [-0.2, 0) is 4.79 Å². The number of hydrogen-bond acceptors (Lipinski definition) is 3. The molecule has 0 radical (unpaired) electrons. The molecule has 3 nitrogen and oxygen atoms in total. The van der Waals surface area contributed by atoms with E-state index in [1.54, 1.807) is 0 Å². The molecule has 0 aromatic heterocycles. The van der Waals surface area contributed by atoms with E-state index < -0.39 is 0 Å². The van der Waals surface area contributed by atoms with Gasteiger partial charge in [0.15, 0.2) is 0 Å². The zero-order chi connectivity index (χ0) is 15.7. The number of carbonyl (C=O) groups is 1. The van der Waals surface area contributed by atoms with Gasteiger partial charge in [0.1, 0.15) is 5.78 Å². The third-order valence-corrected chi connectivity index (χ3v) is 7.82. The van der Waals surface area contributed by atoms with Crippen molar-refractivity contribution >= 4 is 5.78 Å². The molecule has 0 aromatic carbocycles. The molecule has 3 saturated carbocycles. The van der Waals surface area contributed by atoms with Crippen molar-refractivity contribution < 1.29 is 15.0 Å². The molecular formula is C19H28O3. The van der Waals surface area contributed by atoms with Crippen LogP contribution in [0.1, 0.15) is 58.8 Å². The molecule has 22 heavy (non-hydrogen) atoms. The van der Waals surface area contributed by atoms with Gasteiger partial charge in [-0.25, -0.2) is 0 Å². The Morgan fingerprint density at radius 1 is 1.05 bits per heavy atom. The highest BCUT2D eigenvalue weighted by Crippen LogP contribution is 2.64. The number of aliphatic hydroxyl groups excluding tert-OH is 2. The van der Waals surface area contributed by atoms with Crippen LogP contribution in [0.5, 0.6) is 0 Å². The van der Waals surface area contributed by atoms with Crippen molar-refractivity contribution in [2.45, 2.75) is 71.0 Å². The van der Waals surface area contributed by atoms with Gasteiger partial charge in [-0.05, 0) is 61.7 Å². The molecule has 2 N–H and O–H groups in total. The second-order valence-electron chi connectivity index (χ2n) is 8.70. The zero-order valence-electron chi connectivity index (χ0n) is 13.7. The Hall–Kier alpha value is -0.670. The van der Waals surface area contributed by atoms with E-state index in [2.05, 4.69) is 13.8 Å². The summed E-state index contributed by atoms with van der Waals surface area (Å²) in [6.45, 7) is 4.49. The highest BCUT2D eigenvalue weighted by molar-refractivity contribution is 5.87. The van der Waals surface area contributed by atoms with E-state index in [-0.39, 0.29) is 29.0 Å². The van der Waals surface area contributed by atoms with Gasteiger partial charge in [0.05, 0.1) is 12.2 Å². The standard InChI is InChI=1S/C19H28O3/c1-18-7-5-12(20)9-11(18)10-15(21)17-13-3-4-16(22)19(13,2)8-6-14(17)18/h9,12-15,17,20-21H,3-8,10H2,1-2H3/t12-,13+,14+,15+,17+,18+,19+/m1/s1. The molecule has 4 aliphatic carbocycles. The molecule has 122 valence electrons. The number of carbonyl (C=O) groups excluding carboxylic acids is 1. The SMILES string of the molecule is C[C@]12CC[C@@H](O)C=C1C[C@H](O)[C@@H]1[C@@H]2CC[C@]2(C)C(=O)CC[C@@H]12. The highest BCUT2D eigenvalue weighted by Gasteiger charge is 2.61. The quantitative estimate of drug-likeness (QED) is 0.677. The summed E-state index contributed by atoms with van der Waals surface area (Å²) in [5.74, 6) is 1.52. The Balaban J connectivity index is 1.74. The lowest BCUT2D eigenvalue weighted by atomic mass is 9.46. The lowest BCUT2D eigenvalue weighted by Gasteiger charge is -2.58. The first kappa shape index (κ1) is 14.9. The van der Waals surface area contributed by atoms with Crippen LogP contribution in [0.15, 0.2) is 11.6 Å². The van der Waals surface area contributed by atoms with Crippen LogP contribution in [-0.4, -0.2) is 28.2 Å². The van der Waals surface area contributed by atoms with Gasteiger partial charge in [0, 0.05) is 11.8 Å². The fourth-order valence-electron chi connectivity index (χ4n) is 6.45. The van der Waals surface area contributed by atoms with Gasteiger partial charge in [-0.3, -0.25) is 4.79 Å². The van der Waals surface area contributed by atoms with E-state index in [0.29, 0.717) is 30.5 Å². The van der Waals surface area contributed by atoms with Gasteiger partial charge < -0.3 is 10.2 Å². The molecule has 0 saturated heterocycles. The number of rotatable bonds is 0. The Morgan fingerprint density at radius 2 is 1.73 bits per heavy atom. The van der Waals surface area contributed by atoms with E-state index >= 15 is 0 Å². The maximum absolute atomic E-state index is 12.4. The predicted molar refractivity (Wildman–Crippen MR) is 84.1 cm³/mol. The highest BCUT2D eigenvalue weighted by atomic mass is 16.3. The summed E-state index contributed by atoms with van der Waals surface area (Å²) in [5.41, 5.74) is 1.21. The first-order chi connectivity index (χ1) is 10.4. The minimum absolute atomic E-state index is 0.121. The second kappa shape index (κ2) is 4.67. The van der Waals surface area contributed by atoms with Crippen molar-refractivity contribution in [1.82, 2.24) is 0 Å². The molecule has 0 bridgehead atoms. The van der Waals surface area contributed by atoms with Gasteiger partial charge >= 0.3 is 0 Å². The van der Waals surface area contributed by atoms with E-state index in [1.165, 1.54) is 5.57 Å². The summed E-state index contributed by atoms with van der Waals surface area (Å²) in [5, 5.41) is 20.8. The minimum Gasteiger partial charge on any atom is -0.392 e. The van der Waals surface area contributed by atoms with Gasteiger partial charge in [-0.15, -0.1) is 0 Å². The molecular weight excluding hydrogens is 276 g/mol. The molecule has 7 atom stereocenters. The van der Waals surface area contributed by atoms with Crippen LogP contribution in [0.3, 0.4) is 0 Å². The van der Waals surface area contributed by atoms with Crippen LogP contribution >= 0.6 is 0 Å². The summed E-state index contributed by atoms with van der Waals surface area (Å²) < 4.78 is 0. The largest absolute Gasteiger partial charge is 0.392 e. The number of fused-ring (bicyclic) bond motifs is 5. The summed E-state index contributed by atoms with van der Waals surface area (Å²) in [7, 11) is 0. The molecule has 0 spiro atoms. The summed E-state index contributed by atoms with van der Waals surface area (Å²) in [6.07, 6.45) is 7.57. The number of Topliss-reactive ketones (excluding diaryl/α,β-unsaturated/α-hetero) is 1. The van der Waals surface area contributed by atoms with Crippen molar-refractivity contribution in [2.24, 2.45) is 28.6 Å². The Kier molecular flexibility index (Phi) is 3.16. The lowest BCUT2D eigenvalue weighted by Crippen LogP contribution is -2.55. The number of ketones is 1. The monoisotopic (exact) mass is 304 g/mol. The van der Waals surface area contributed by atoms with Gasteiger partial charge in [-0.2, -0.15) is 0 Å². The fourth-order valence-corrected chi connectivity index (χ4v) is 6.45. The molecule has 0 unspecified atom stereocenters. The van der Waals surface area contributed by atoms with Gasteiger partial charge in [0.2, 0.25) is 0 Å². The average molecular weight is 304 g/mol. The topological polar surface area (TPSA) is 57.5 Å². The summed E-state index contributed by atoms with van der Waals surface area (Å²) >= 11 is 0. The van der Waals surface area contributed by atoms with Crippen molar-refractivity contribution in [3.63, 3.8) is 0 Å². The minimum atomic E-state index is -0.342. The van der Waals surface area contributed by atoms with E-state index in [4.69, 9.17) is 0 Å². The Morgan fingerprint density at radius 3 is 2.50 bits per heavy atom. The van der Waals surface area contributed by atoms with Crippen molar-refractivity contribution in [1.29, 1.82) is 0 Å². The summed E-state index contributed by atoms with van der Waals surface area (Å²) in [4.78, 5) is 12.4. The molecule has 3 heteroatoms. The van der Waals surface area contributed by atoms with E-state index in [0.717, 1.165) is 32.1 Å². The predicted octanol–water partition coefficient (Wildman–Crippen LogP) is 2.85. The fraction of sp³-hybridized carbons (Fsp3) is 0.842. The van der Waals surface area contributed by atoms with Crippen molar-refractivity contribution in [2.75, 3.05) is 0 Å². The molecule has 4 aliphatic rings. The van der Waals surface area contributed by atoms with Gasteiger partial charge in [-0.1, -0.05) is 25.5 Å². The maximum atomic E-state index is 12.4. The van der Waals surface area contributed by atoms with Crippen LogP contribution in [0.25, 0.3) is 0 Å². The smallest absolute Gasteiger partial charge is 0.139 e. The van der Waals surface area contributed by atoms with Crippen LogP contribution in [0, 0.1) is 28.6 Å². The van der Waals surface area contributed by atoms with Crippen LogP contribution < -0.4 is 0 Å². The maximum Gasteiger partial charge on any atom is 0.139 e. The number of hydrogen-bond donors (Lipinski definition) is 2. The third-order valence-electron chi connectivity index (χ3n) is 7.82. The van der Waals surface area contributed by atoms with E-state index in [1.807, 2.05) is 6.08 Å². The first-order valence-corrected chi connectivity index (χ1v) is 8.97. The summed E-state index contributed by atoms with van der Waals surface area (Å²) in [6, 6.07) is 0. The number of aliphatic hydroxyl groups is 2. The molecule has 4 rings (SSSR count). The molecule has 0 amide bonds. The molecule has 0 aromatic rings. The Labute approximate surface area is 132 Å². The van der Waals surface area contributed by atoms with Crippen molar-refractivity contribution in [3.05, 3.63) is 11.6 Å².